The van der Waals surface area contributed by atoms with Gasteiger partial charge in [-0.15, -0.1) is 9.81 Å². The molecule has 0 saturated carbocycles. The average Bonchev–Trinajstić information content (AvgIpc) is 2.03. The number of nitrogens with zero attached hydrogens (tertiary/aromatic N) is 4. The van der Waals surface area contributed by atoms with Crippen LogP contribution in [-0.4, -0.2) is 35.2 Å². The molecule has 6 heteroatoms. The summed E-state index contributed by atoms with van der Waals surface area (Å²) in [4.78, 5) is 20.5. The van der Waals surface area contributed by atoms with Crippen molar-refractivity contribution in [2.45, 2.75) is 25.9 Å². The summed E-state index contributed by atoms with van der Waals surface area (Å²) in [6.45, 7) is 4.63. The van der Waals surface area contributed by atoms with Crippen molar-refractivity contribution in [3.63, 3.8) is 0 Å². The highest BCUT2D eigenvalue weighted by Crippen LogP contribution is 2.15. The molecule has 0 aliphatic carbocycles. The SMILES string of the molecule is C[C@@H]1CN(N=O)C[C@H](C)N1N=O. The maximum atomic E-state index is 10.3. The Labute approximate surface area is 70.4 Å². The van der Waals surface area contributed by atoms with E-state index in [-0.39, 0.29) is 12.1 Å². The van der Waals surface area contributed by atoms with Crippen LogP contribution in [0.2, 0.25) is 0 Å². The molecule has 68 valence electrons. The van der Waals surface area contributed by atoms with Gasteiger partial charge in [-0.3, -0.25) is 10.0 Å². The lowest BCUT2D eigenvalue weighted by Gasteiger charge is -2.37. The highest BCUT2D eigenvalue weighted by molar-refractivity contribution is 4.80. The fourth-order valence-corrected chi connectivity index (χ4v) is 1.51. The van der Waals surface area contributed by atoms with Gasteiger partial charge in [-0.1, -0.05) is 0 Å². The van der Waals surface area contributed by atoms with Gasteiger partial charge in [0.15, 0.2) is 0 Å². The van der Waals surface area contributed by atoms with Crippen LogP contribution in [0.5, 0.6) is 0 Å². The van der Waals surface area contributed by atoms with Crippen molar-refractivity contribution in [3.8, 4) is 0 Å². The van der Waals surface area contributed by atoms with Crippen molar-refractivity contribution in [2.75, 3.05) is 13.1 Å². The van der Waals surface area contributed by atoms with Crippen molar-refractivity contribution in [1.82, 2.24) is 10.0 Å². The molecular weight excluding hydrogens is 160 g/mol. The van der Waals surface area contributed by atoms with E-state index >= 15 is 0 Å². The van der Waals surface area contributed by atoms with Crippen LogP contribution < -0.4 is 0 Å². The smallest absolute Gasteiger partial charge is 0.0671 e. The Hall–Kier alpha value is -1.20. The van der Waals surface area contributed by atoms with E-state index < -0.39 is 0 Å². The lowest BCUT2D eigenvalue weighted by atomic mass is 10.2. The molecule has 1 fully saturated rings. The normalized spacial score (nSPS) is 30.2. The molecule has 12 heavy (non-hydrogen) atoms. The second-order valence-electron chi connectivity index (χ2n) is 3.11. The molecule has 0 aromatic rings. The van der Waals surface area contributed by atoms with Gasteiger partial charge in [-0.25, -0.2) is 0 Å². The molecule has 1 heterocycles. The molecule has 1 rings (SSSR count). The molecular formula is C6H12N4O2. The first-order chi connectivity index (χ1) is 5.69. The fourth-order valence-electron chi connectivity index (χ4n) is 1.51. The predicted molar refractivity (Wildman–Crippen MR) is 43.9 cm³/mol. The van der Waals surface area contributed by atoms with E-state index in [0.29, 0.717) is 13.1 Å². The third-order valence-corrected chi connectivity index (χ3v) is 2.06. The molecule has 0 radical (unpaired) electrons. The van der Waals surface area contributed by atoms with Gasteiger partial charge in [-0.2, -0.15) is 0 Å². The number of rotatable bonds is 2. The first-order valence-electron chi connectivity index (χ1n) is 3.89. The maximum Gasteiger partial charge on any atom is 0.0671 e. The second kappa shape index (κ2) is 3.46. The fraction of sp³-hybridized carbons (Fsp3) is 1.00. The summed E-state index contributed by atoms with van der Waals surface area (Å²) >= 11 is 0. The van der Waals surface area contributed by atoms with Crippen LogP contribution in [-0.2, 0) is 0 Å². The van der Waals surface area contributed by atoms with Gasteiger partial charge in [0.25, 0.3) is 0 Å². The summed E-state index contributed by atoms with van der Waals surface area (Å²) in [6, 6.07) is -0.0760. The summed E-state index contributed by atoms with van der Waals surface area (Å²) in [5, 5.41) is 8.59. The zero-order valence-corrected chi connectivity index (χ0v) is 7.17. The van der Waals surface area contributed by atoms with Gasteiger partial charge < -0.3 is 0 Å². The van der Waals surface area contributed by atoms with Crippen molar-refractivity contribution >= 4 is 0 Å². The minimum atomic E-state index is -0.0380. The van der Waals surface area contributed by atoms with Crippen LogP contribution in [0.4, 0.5) is 0 Å². The van der Waals surface area contributed by atoms with E-state index in [4.69, 9.17) is 0 Å². The summed E-state index contributed by atoms with van der Waals surface area (Å²) in [6.07, 6.45) is 0. The quantitative estimate of drug-likeness (QED) is 0.576. The van der Waals surface area contributed by atoms with Crippen LogP contribution in [0.1, 0.15) is 13.8 Å². The lowest BCUT2D eigenvalue weighted by molar-refractivity contribution is 0.0402. The zero-order valence-electron chi connectivity index (χ0n) is 7.17. The summed E-state index contributed by atoms with van der Waals surface area (Å²) < 4.78 is 0. The highest BCUT2D eigenvalue weighted by Gasteiger charge is 2.29. The van der Waals surface area contributed by atoms with Crippen LogP contribution in [0, 0.1) is 9.81 Å². The van der Waals surface area contributed by atoms with Gasteiger partial charge in [0, 0.05) is 0 Å². The predicted octanol–water partition coefficient (Wildman–Crippen LogP) is 0.744. The minimum Gasteiger partial charge on any atom is -0.257 e. The van der Waals surface area contributed by atoms with Crippen LogP contribution in [0.25, 0.3) is 0 Å². The van der Waals surface area contributed by atoms with Gasteiger partial charge in [0.1, 0.15) is 0 Å². The van der Waals surface area contributed by atoms with Crippen molar-refractivity contribution < 1.29 is 0 Å². The first-order valence-corrected chi connectivity index (χ1v) is 3.89. The second-order valence-corrected chi connectivity index (χ2v) is 3.11. The third-order valence-electron chi connectivity index (χ3n) is 2.06. The number of hydrogen-bond donors (Lipinski definition) is 0. The van der Waals surface area contributed by atoms with E-state index in [1.165, 1.54) is 10.0 Å². The van der Waals surface area contributed by atoms with Gasteiger partial charge >= 0.3 is 0 Å². The molecule has 0 spiro atoms. The van der Waals surface area contributed by atoms with Gasteiger partial charge in [0.05, 0.1) is 35.7 Å². The van der Waals surface area contributed by atoms with Gasteiger partial charge in [0.2, 0.25) is 0 Å². The summed E-state index contributed by atoms with van der Waals surface area (Å²) in [5.41, 5.74) is 0. The summed E-state index contributed by atoms with van der Waals surface area (Å²) in [5.74, 6) is 0. The van der Waals surface area contributed by atoms with Crippen molar-refractivity contribution in [1.29, 1.82) is 0 Å². The molecule has 0 unspecified atom stereocenters. The maximum absolute atomic E-state index is 10.3. The Morgan fingerprint density at radius 1 is 1.08 bits per heavy atom. The Morgan fingerprint density at radius 3 is 1.92 bits per heavy atom. The number of piperazine rings is 1. The van der Waals surface area contributed by atoms with Crippen LogP contribution in [0.3, 0.4) is 0 Å². The standard InChI is InChI=1S/C6H12N4O2/c1-5-3-9(7-11)4-6(2)10(5)8-12/h5-6H,3-4H2,1-2H3/t5-,6+. The van der Waals surface area contributed by atoms with Crippen LogP contribution >= 0.6 is 0 Å². The molecule has 6 nitrogen and oxygen atoms in total. The Bertz CT molecular complexity index is 174. The first kappa shape index (κ1) is 8.89. The largest absolute Gasteiger partial charge is 0.257 e. The van der Waals surface area contributed by atoms with Crippen molar-refractivity contribution in [2.24, 2.45) is 10.6 Å². The van der Waals surface area contributed by atoms with E-state index in [9.17, 15) is 9.81 Å². The molecule has 0 aromatic carbocycles. The highest BCUT2D eigenvalue weighted by atomic mass is 16.3. The zero-order chi connectivity index (χ0) is 9.14. The van der Waals surface area contributed by atoms with Gasteiger partial charge in [-0.05, 0) is 13.8 Å². The molecule has 1 aliphatic rings. The van der Waals surface area contributed by atoms with Crippen molar-refractivity contribution in [3.05, 3.63) is 9.81 Å². The minimum absolute atomic E-state index is 0.0380. The molecule has 2 atom stereocenters. The average molecular weight is 172 g/mol. The monoisotopic (exact) mass is 172 g/mol. The Kier molecular flexibility index (Phi) is 2.57. The Morgan fingerprint density at radius 2 is 1.58 bits per heavy atom. The molecule has 0 N–H and O–H groups in total. The molecule has 1 aliphatic heterocycles. The topological polar surface area (TPSA) is 65.3 Å². The number of hydrogen-bond acceptors (Lipinski definition) is 4. The molecule has 0 aromatic heterocycles. The van der Waals surface area contributed by atoms with E-state index in [2.05, 4.69) is 10.6 Å². The number of nitroso groups, excluding NO2 is 2. The van der Waals surface area contributed by atoms with Crippen LogP contribution in [0.15, 0.2) is 10.6 Å². The molecule has 1 saturated heterocycles. The third kappa shape index (κ3) is 1.51. The molecule has 0 bridgehead atoms. The van der Waals surface area contributed by atoms with E-state index in [1.54, 1.807) is 0 Å². The van der Waals surface area contributed by atoms with E-state index in [1.807, 2.05) is 13.8 Å². The summed E-state index contributed by atoms with van der Waals surface area (Å²) in [7, 11) is 0. The Balaban J connectivity index is 2.62. The lowest BCUT2D eigenvalue weighted by Crippen LogP contribution is -2.52. The van der Waals surface area contributed by atoms with E-state index in [0.717, 1.165) is 0 Å². The molecule has 0 amide bonds.